The van der Waals surface area contributed by atoms with Gasteiger partial charge < -0.3 is 9.84 Å². The summed E-state index contributed by atoms with van der Waals surface area (Å²) in [4.78, 5) is 12.5. The van der Waals surface area contributed by atoms with Gasteiger partial charge in [0.25, 0.3) is 0 Å². The Bertz CT molecular complexity index is 1050. The molecule has 2 N–H and O–H groups in total. The van der Waals surface area contributed by atoms with E-state index in [1.54, 1.807) is 49.4 Å². The number of amides is 1. The van der Waals surface area contributed by atoms with Crippen molar-refractivity contribution in [3.8, 4) is 11.5 Å². The Balaban J connectivity index is 1.93. The molecule has 0 bridgehead atoms. The van der Waals surface area contributed by atoms with Crippen molar-refractivity contribution in [3.05, 3.63) is 53.6 Å². The van der Waals surface area contributed by atoms with Gasteiger partial charge in [0.1, 0.15) is 0 Å². The van der Waals surface area contributed by atoms with E-state index in [0.717, 1.165) is 11.8 Å². The molecule has 29 heavy (non-hydrogen) atoms. The topological polar surface area (TPSA) is 108 Å². The van der Waals surface area contributed by atoms with Crippen molar-refractivity contribution in [2.24, 2.45) is 5.10 Å². The van der Waals surface area contributed by atoms with E-state index in [2.05, 4.69) is 9.82 Å². The lowest BCUT2D eigenvalue weighted by atomic mass is 9.97. The Morgan fingerprint density at radius 3 is 2.55 bits per heavy atom. The molecule has 0 spiro atoms. The molecular formula is C20H23N3O5S. The minimum Gasteiger partial charge on any atom is -0.504 e. The van der Waals surface area contributed by atoms with Crippen LogP contribution in [-0.2, 0) is 14.8 Å². The first-order chi connectivity index (χ1) is 13.7. The first kappa shape index (κ1) is 20.7. The van der Waals surface area contributed by atoms with Gasteiger partial charge >= 0.3 is 0 Å². The molecule has 0 radical (unpaired) electrons. The second kappa shape index (κ2) is 8.12. The van der Waals surface area contributed by atoms with Crippen molar-refractivity contribution in [3.63, 3.8) is 0 Å². The van der Waals surface area contributed by atoms with Crippen LogP contribution in [0.5, 0.6) is 11.5 Å². The van der Waals surface area contributed by atoms with Gasteiger partial charge in [0.15, 0.2) is 11.5 Å². The van der Waals surface area contributed by atoms with E-state index in [4.69, 9.17) is 4.74 Å². The Kier molecular flexibility index (Phi) is 5.78. The molecule has 0 aliphatic carbocycles. The average molecular weight is 417 g/mol. The van der Waals surface area contributed by atoms with Crippen LogP contribution < -0.4 is 9.46 Å². The Morgan fingerprint density at radius 1 is 1.28 bits per heavy atom. The summed E-state index contributed by atoms with van der Waals surface area (Å²) >= 11 is 0. The van der Waals surface area contributed by atoms with E-state index in [1.165, 1.54) is 12.1 Å². The lowest BCUT2D eigenvalue weighted by Gasteiger charge is -2.22. The molecule has 0 saturated carbocycles. The van der Waals surface area contributed by atoms with Gasteiger partial charge in [-0.3, -0.25) is 9.52 Å². The van der Waals surface area contributed by atoms with Crippen LogP contribution in [0.3, 0.4) is 0 Å². The third-order valence-electron chi connectivity index (χ3n) is 4.60. The highest BCUT2D eigenvalue weighted by molar-refractivity contribution is 7.92. The summed E-state index contributed by atoms with van der Waals surface area (Å²) in [5.41, 5.74) is 2.44. The predicted octanol–water partition coefficient (Wildman–Crippen LogP) is 2.86. The number of nitrogens with zero attached hydrogens (tertiary/aromatic N) is 2. The number of carbonyl (C=O) groups is 1. The molecule has 3 rings (SSSR count). The van der Waals surface area contributed by atoms with Gasteiger partial charge in [-0.15, -0.1) is 0 Å². The largest absolute Gasteiger partial charge is 0.504 e. The lowest BCUT2D eigenvalue weighted by molar-refractivity contribution is -0.132. The van der Waals surface area contributed by atoms with E-state index in [9.17, 15) is 18.3 Å². The number of benzene rings is 2. The molecule has 2 aromatic carbocycles. The zero-order chi connectivity index (χ0) is 21.2. The molecular weight excluding hydrogens is 394 g/mol. The number of sulfonamides is 1. The van der Waals surface area contributed by atoms with E-state index >= 15 is 0 Å². The number of ether oxygens (including phenoxy) is 1. The summed E-state index contributed by atoms with van der Waals surface area (Å²) in [6.45, 7) is 1.75. The molecule has 2 aromatic rings. The fourth-order valence-electron chi connectivity index (χ4n) is 3.24. The lowest BCUT2D eigenvalue weighted by Crippen LogP contribution is -2.26. The summed E-state index contributed by atoms with van der Waals surface area (Å²) in [6, 6.07) is 11.5. The first-order valence-corrected chi connectivity index (χ1v) is 11.0. The monoisotopic (exact) mass is 417 g/mol. The number of nitrogens with one attached hydrogen (secondary N) is 1. The van der Waals surface area contributed by atoms with E-state index in [0.29, 0.717) is 29.1 Å². The highest BCUT2D eigenvalue weighted by Crippen LogP contribution is 2.41. The molecule has 9 heteroatoms. The average Bonchev–Trinajstić information content (AvgIpc) is 3.12. The third kappa shape index (κ3) is 4.51. The number of carbonyl (C=O) groups excluding carboxylic acids is 1. The van der Waals surface area contributed by atoms with Crippen LogP contribution in [0.25, 0.3) is 0 Å². The molecule has 1 heterocycles. The highest BCUT2D eigenvalue weighted by atomic mass is 32.2. The molecule has 8 nitrogen and oxygen atoms in total. The van der Waals surface area contributed by atoms with Crippen LogP contribution in [0.15, 0.2) is 47.6 Å². The van der Waals surface area contributed by atoms with Gasteiger partial charge in [-0.1, -0.05) is 31.2 Å². The molecule has 1 amide bonds. The van der Waals surface area contributed by atoms with Gasteiger partial charge in [0.2, 0.25) is 15.9 Å². The number of phenolic OH excluding ortho intramolecular Hbond substituents is 1. The summed E-state index contributed by atoms with van der Waals surface area (Å²) in [5.74, 6) is 0.150. The molecule has 154 valence electrons. The summed E-state index contributed by atoms with van der Waals surface area (Å²) in [7, 11) is -1.89. The number of anilines is 1. The smallest absolute Gasteiger partial charge is 0.242 e. The van der Waals surface area contributed by atoms with E-state index in [1.807, 2.05) is 0 Å². The van der Waals surface area contributed by atoms with Crippen molar-refractivity contribution in [2.45, 2.75) is 25.8 Å². The van der Waals surface area contributed by atoms with Crippen molar-refractivity contribution < 1.29 is 23.1 Å². The fourth-order valence-corrected chi connectivity index (χ4v) is 3.80. The second-order valence-electron chi connectivity index (χ2n) is 6.71. The van der Waals surface area contributed by atoms with Gasteiger partial charge in [0.05, 0.1) is 25.1 Å². The van der Waals surface area contributed by atoms with Crippen LogP contribution in [0.1, 0.15) is 36.9 Å². The number of rotatable bonds is 6. The number of hydrogen-bond acceptors (Lipinski definition) is 6. The quantitative estimate of drug-likeness (QED) is 0.751. The maximum atomic E-state index is 12.5. The fraction of sp³-hybridized carbons (Fsp3) is 0.300. The number of aromatic hydroxyl groups is 1. The van der Waals surface area contributed by atoms with Crippen molar-refractivity contribution >= 4 is 27.3 Å². The maximum Gasteiger partial charge on any atom is 0.242 e. The maximum absolute atomic E-state index is 12.5. The third-order valence-corrected chi connectivity index (χ3v) is 5.21. The van der Waals surface area contributed by atoms with Gasteiger partial charge in [-0.25, -0.2) is 13.4 Å². The molecule has 0 aromatic heterocycles. The standard InChI is InChI=1S/C20H23N3O5S/c1-4-19(24)23-17(15-6-5-7-18(28-2)20(15)25)12-16(21-23)13-8-10-14(11-9-13)22-29(3,26)27/h5-11,17,22,25H,4,12H2,1-3H3/t17-/m0/s1. The van der Waals surface area contributed by atoms with Crippen LogP contribution in [-0.4, -0.2) is 43.5 Å². The zero-order valence-corrected chi connectivity index (χ0v) is 17.2. The molecule has 0 saturated heterocycles. The normalized spacial score (nSPS) is 16.4. The number of phenols is 1. The highest BCUT2D eigenvalue weighted by Gasteiger charge is 2.34. The minimum atomic E-state index is -3.36. The molecule has 1 aliphatic heterocycles. The van der Waals surface area contributed by atoms with Crippen molar-refractivity contribution in [2.75, 3.05) is 18.1 Å². The SMILES string of the molecule is CCC(=O)N1N=C(c2ccc(NS(C)(=O)=O)cc2)C[C@H]1c1cccc(OC)c1O. The first-order valence-electron chi connectivity index (χ1n) is 9.07. The van der Waals surface area contributed by atoms with E-state index in [-0.39, 0.29) is 18.1 Å². The molecule has 1 aliphatic rings. The molecule has 0 unspecified atom stereocenters. The number of hydrogen-bond donors (Lipinski definition) is 2. The number of methoxy groups -OCH3 is 1. The number of hydrazone groups is 1. The predicted molar refractivity (Wildman–Crippen MR) is 111 cm³/mol. The Morgan fingerprint density at radius 2 is 1.97 bits per heavy atom. The number of para-hydroxylation sites is 1. The van der Waals surface area contributed by atoms with Crippen LogP contribution in [0, 0.1) is 0 Å². The summed E-state index contributed by atoms with van der Waals surface area (Å²) < 4.78 is 30.3. The van der Waals surface area contributed by atoms with Crippen molar-refractivity contribution in [1.82, 2.24) is 5.01 Å². The van der Waals surface area contributed by atoms with Gasteiger partial charge in [-0.05, 0) is 23.8 Å². The summed E-state index contributed by atoms with van der Waals surface area (Å²) in [5, 5.41) is 16.4. The van der Waals surface area contributed by atoms with Gasteiger partial charge in [-0.2, -0.15) is 5.10 Å². The van der Waals surface area contributed by atoms with Crippen molar-refractivity contribution in [1.29, 1.82) is 0 Å². The van der Waals surface area contributed by atoms with Crippen LogP contribution in [0.4, 0.5) is 5.69 Å². The van der Waals surface area contributed by atoms with Crippen LogP contribution in [0.2, 0.25) is 0 Å². The Hall–Kier alpha value is -3.07. The second-order valence-corrected chi connectivity index (χ2v) is 8.46. The minimum absolute atomic E-state index is 0.0157. The Labute approximate surface area is 169 Å². The zero-order valence-electron chi connectivity index (χ0n) is 16.4. The molecule has 0 fully saturated rings. The summed E-state index contributed by atoms with van der Waals surface area (Å²) in [6.07, 6.45) is 1.77. The van der Waals surface area contributed by atoms with Gasteiger partial charge in [0, 0.05) is 24.1 Å². The molecule has 1 atom stereocenters. The van der Waals surface area contributed by atoms with Crippen LogP contribution >= 0.6 is 0 Å². The van der Waals surface area contributed by atoms with E-state index < -0.39 is 16.1 Å².